The van der Waals surface area contributed by atoms with Gasteiger partial charge in [-0.2, -0.15) is 0 Å². The first-order valence-corrected chi connectivity index (χ1v) is 9.04. The number of halogens is 2. The topological polar surface area (TPSA) is 102 Å². The molecular formula is C16H11F2N3O4S. The summed E-state index contributed by atoms with van der Waals surface area (Å²) in [5.74, 6) is -2.74. The predicted octanol–water partition coefficient (Wildman–Crippen LogP) is 2.67. The van der Waals surface area contributed by atoms with E-state index in [-0.39, 0.29) is 27.9 Å². The first-order valence-electron chi connectivity index (χ1n) is 7.15. The normalized spacial score (nSPS) is 11.3. The van der Waals surface area contributed by atoms with Gasteiger partial charge in [-0.05, 0) is 24.3 Å². The molecule has 1 N–H and O–H groups in total. The van der Waals surface area contributed by atoms with Crippen molar-refractivity contribution in [1.82, 2.24) is 10.2 Å². The Morgan fingerprint density at radius 2 is 1.85 bits per heavy atom. The molecule has 3 aromatic rings. The number of anilines is 1. The third-order valence-corrected chi connectivity index (χ3v) is 4.49. The van der Waals surface area contributed by atoms with Crippen LogP contribution in [0.5, 0.6) is 0 Å². The minimum Gasteiger partial charge on any atom is -0.403 e. The number of amides is 1. The van der Waals surface area contributed by atoms with Crippen molar-refractivity contribution >= 4 is 21.8 Å². The van der Waals surface area contributed by atoms with Crippen molar-refractivity contribution < 1.29 is 26.4 Å². The number of benzene rings is 2. The van der Waals surface area contributed by atoms with Gasteiger partial charge in [-0.15, -0.1) is 5.10 Å². The number of rotatable bonds is 4. The van der Waals surface area contributed by atoms with Gasteiger partial charge in [-0.25, -0.2) is 17.2 Å². The smallest absolute Gasteiger partial charge is 0.322 e. The largest absolute Gasteiger partial charge is 0.403 e. The lowest BCUT2D eigenvalue weighted by Gasteiger charge is -2.06. The number of nitrogens with one attached hydrogen (secondary N) is 1. The Kier molecular flexibility index (Phi) is 4.51. The van der Waals surface area contributed by atoms with Crippen LogP contribution in [-0.2, 0) is 9.84 Å². The number of carbonyl (C=O) groups is 1. The van der Waals surface area contributed by atoms with Gasteiger partial charge in [-0.3, -0.25) is 10.1 Å². The third kappa shape index (κ3) is 3.59. The van der Waals surface area contributed by atoms with Crippen LogP contribution < -0.4 is 5.32 Å². The van der Waals surface area contributed by atoms with Crippen LogP contribution in [0.4, 0.5) is 14.8 Å². The molecule has 0 spiro atoms. The molecule has 0 saturated heterocycles. The van der Waals surface area contributed by atoms with Crippen LogP contribution in [0.2, 0.25) is 0 Å². The zero-order valence-electron chi connectivity index (χ0n) is 13.2. The molecule has 0 fully saturated rings. The Bertz CT molecular complexity index is 1100. The van der Waals surface area contributed by atoms with E-state index >= 15 is 0 Å². The molecule has 134 valence electrons. The molecule has 0 unspecified atom stereocenters. The van der Waals surface area contributed by atoms with Crippen molar-refractivity contribution in [2.75, 3.05) is 11.6 Å². The molecule has 26 heavy (non-hydrogen) atoms. The summed E-state index contributed by atoms with van der Waals surface area (Å²) in [6, 6.07) is 8.01. The lowest BCUT2D eigenvalue weighted by atomic mass is 10.2. The highest BCUT2D eigenvalue weighted by Gasteiger charge is 2.20. The van der Waals surface area contributed by atoms with Gasteiger partial charge in [0.25, 0.3) is 11.8 Å². The number of hydrogen-bond acceptors (Lipinski definition) is 6. The minimum atomic E-state index is -3.63. The average Bonchev–Trinajstić information content (AvgIpc) is 3.02. The predicted molar refractivity (Wildman–Crippen MR) is 87.2 cm³/mol. The van der Waals surface area contributed by atoms with Crippen molar-refractivity contribution in [2.45, 2.75) is 4.90 Å². The van der Waals surface area contributed by atoms with E-state index in [0.717, 1.165) is 18.4 Å². The fraction of sp³-hybridized carbons (Fsp3) is 0.0625. The van der Waals surface area contributed by atoms with Crippen LogP contribution in [0.15, 0.2) is 51.8 Å². The Morgan fingerprint density at radius 3 is 2.54 bits per heavy atom. The molecule has 0 aliphatic rings. The van der Waals surface area contributed by atoms with Gasteiger partial charge >= 0.3 is 6.01 Å². The standard InChI is InChI=1S/C16H11F2N3O4S/c1-26(23,24)13-5-3-2-4-11(13)14(22)19-16-21-20-15(25-16)10-7-6-9(17)8-12(10)18/h2-8H,1H3,(H,19,21,22). The van der Waals surface area contributed by atoms with Crippen LogP contribution in [0.25, 0.3) is 11.5 Å². The van der Waals surface area contributed by atoms with E-state index < -0.39 is 27.4 Å². The summed E-state index contributed by atoms with van der Waals surface area (Å²) >= 11 is 0. The molecule has 3 rings (SSSR count). The number of aromatic nitrogens is 2. The third-order valence-electron chi connectivity index (χ3n) is 3.34. The summed E-state index contributed by atoms with van der Waals surface area (Å²) in [6.45, 7) is 0. The van der Waals surface area contributed by atoms with Crippen molar-refractivity contribution in [3.8, 4) is 11.5 Å². The van der Waals surface area contributed by atoms with Gasteiger partial charge in [0.1, 0.15) is 11.6 Å². The summed E-state index contributed by atoms with van der Waals surface area (Å²) in [5, 5.41) is 9.39. The molecule has 1 aromatic heterocycles. The second kappa shape index (κ2) is 6.64. The molecule has 0 radical (unpaired) electrons. The van der Waals surface area contributed by atoms with E-state index in [2.05, 4.69) is 15.5 Å². The molecule has 0 aliphatic heterocycles. The van der Waals surface area contributed by atoms with Crippen molar-refractivity contribution in [2.24, 2.45) is 0 Å². The van der Waals surface area contributed by atoms with Crippen LogP contribution in [0, 0.1) is 11.6 Å². The van der Waals surface area contributed by atoms with E-state index in [1.807, 2.05) is 0 Å². The first-order chi connectivity index (χ1) is 12.3. The Balaban J connectivity index is 1.87. The molecule has 1 heterocycles. The highest BCUT2D eigenvalue weighted by molar-refractivity contribution is 7.90. The Labute approximate surface area is 146 Å². The summed E-state index contributed by atoms with van der Waals surface area (Å²) in [7, 11) is -3.63. The highest BCUT2D eigenvalue weighted by Crippen LogP contribution is 2.24. The van der Waals surface area contributed by atoms with Crippen molar-refractivity contribution in [3.63, 3.8) is 0 Å². The zero-order valence-corrected chi connectivity index (χ0v) is 14.0. The van der Waals surface area contributed by atoms with Gasteiger partial charge in [0.15, 0.2) is 9.84 Å². The van der Waals surface area contributed by atoms with Crippen LogP contribution in [-0.4, -0.2) is 30.8 Å². The van der Waals surface area contributed by atoms with Gasteiger partial charge < -0.3 is 4.42 Å². The lowest BCUT2D eigenvalue weighted by Crippen LogP contribution is -2.16. The monoisotopic (exact) mass is 379 g/mol. The summed E-state index contributed by atoms with van der Waals surface area (Å²) in [6.07, 6.45) is 0.973. The highest BCUT2D eigenvalue weighted by atomic mass is 32.2. The number of hydrogen-bond donors (Lipinski definition) is 1. The fourth-order valence-electron chi connectivity index (χ4n) is 2.19. The van der Waals surface area contributed by atoms with Crippen LogP contribution in [0.1, 0.15) is 10.4 Å². The number of carbonyl (C=O) groups excluding carboxylic acids is 1. The maximum atomic E-state index is 13.7. The molecule has 0 bridgehead atoms. The van der Waals surface area contributed by atoms with Crippen LogP contribution in [0.3, 0.4) is 0 Å². The van der Waals surface area contributed by atoms with Gasteiger partial charge in [0.2, 0.25) is 0 Å². The Hall–Kier alpha value is -3.14. The molecule has 0 atom stereocenters. The molecule has 10 heteroatoms. The SMILES string of the molecule is CS(=O)(=O)c1ccccc1C(=O)Nc1nnc(-c2ccc(F)cc2F)o1. The minimum absolute atomic E-state index is 0.109. The lowest BCUT2D eigenvalue weighted by molar-refractivity contribution is 0.102. The van der Waals surface area contributed by atoms with Crippen LogP contribution >= 0.6 is 0 Å². The van der Waals surface area contributed by atoms with E-state index in [4.69, 9.17) is 4.42 Å². The molecular weight excluding hydrogens is 368 g/mol. The van der Waals surface area contributed by atoms with Gasteiger partial charge in [0.05, 0.1) is 16.0 Å². The average molecular weight is 379 g/mol. The van der Waals surface area contributed by atoms with Gasteiger partial charge in [-0.1, -0.05) is 17.2 Å². The number of sulfone groups is 1. The van der Waals surface area contributed by atoms with Gasteiger partial charge in [0, 0.05) is 12.3 Å². The van der Waals surface area contributed by atoms with E-state index in [0.29, 0.717) is 6.07 Å². The molecule has 2 aromatic carbocycles. The molecule has 1 amide bonds. The quantitative estimate of drug-likeness (QED) is 0.748. The fourth-order valence-corrected chi connectivity index (χ4v) is 3.07. The van der Waals surface area contributed by atoms with E-state index in [9.17, 15) is 22.0 Å². The van der Waals surface area contributed by atoms with E-state index in [1.54, 1.807) is 0 Å². The maximum Gasteiger partial charge on any atom is 0.322 e. The second-order valence-corrected chi connectivity index (χ2v) is 7.24. The summed E-state index contributed by atoms with van der Waals surface area (Å²) < 4.78 is 55.3. The number of nitrogens with zero attached hydrogens (tertiary/aromatic N) is 2. The summed E-state index contributed by atoms with van der Waals surface area (Å²) in [4.78, 5) is 12.1. The molecule has 0 saturated carbocycles. The molecule has 0 aliphatic carbocycles. The zero-order chi connectivity index (χ0) is 18.9. The van der Waals surface area contributed by atoms with E-state index in [1.165, 1.54) is 24.3 Å². The second-order valence-electron chi connectivity index (χ2n) is 5.26. The Morgan fingerprint density at radius 1 is 1.12 bits per heavy atom. The molecule has 7 nitrogen and oxygen atoms in total. The first kappa shape index (κ1) is 17.7. The summed E-state index contributed by atoms with van der Waals surface area (Å²) in [5.41, 5.74) is -0.251. The van der Waals surface area contributed by atoms with Crippen molar-refractivity contribution in [1.29, 1.82) is 0 Å². The maximum absolute atomic E-state index is 13.7. The van der Waals surface area contributed by atoms with Crippen molar-refractivity contribution in [3.05, 3.63) is 59.7 Å².